The van der Waals surface area contributed by atoms with Gasteiger partial charge in [-0.25, -0.2) is 52.7 Å². The van der Waals surface area contributed by atoms with Crippen LogP contribution in [0.3, 0.4) is 0 Å². The number of halogens is 16. The first-order valence-corrected chi connectivity index (χ1v) is 7.98. The summed E-state index contributed by atoms with van der Waals surface area (Å²) in [5.41, 5.74) is -14.1. The molecule has 0 heterocycles. The third-order valence-electron chi connectivity index (χ3n) is 4.72. The Kier molecular flexibility index (Phi) is 5.23. The Labute approximate surface area is 170 Å². The average Bonchev–Trinajstić information content (AvgIpc) is 2.63. The van der Waals surface area contributed by atoms with Crippen LogP contribution >= 0.6 is 0 Å². The Morgan fingerprint density at radius 2 is 0.515 bits per heavy atom. The van der Waals surface area contributed by atoms with Gasteiger partial charge in [0.05, 0.1) is 17.5 Å². The Morgan fingerprint density at radius 3 is 0.727 bits per heavy atom. The Morgan fingerprint density at radius 1 is 0.333 bits per heavy atom. The molecule has 33 heavy (non-hydrogen) atoms. The van der Waals surface area contributed by atoms with Crippen LogP contribution in [-0.4, -0.2) is 0 Å². The second kappa shape index (κ2) is 6.91. The third-order valence-corrected chi connectivity index (χ3v) is 4.72. The van der Waals surface area contributed by atoms with Crippen molar-refractivity contribution < 1.29 is 70.2 Å². The van der Waals surface area contributed by atoms with Crippen LogP contribution in [-0.2, 0) is 23.7 Å². The van der Waals surface area contributed by atoms with Crippen LogP contribution in [0.2, 0.25) is 0 Å². The van der Waals surface area contributed by atoms with Gasteiger partial charge < -0.3 is 0 Å². The SMILES string of the molecule is Fc1c(F)c2c(F)c(F)c1C(F)(F)CC(F)(F)c1c(F)c(F)c(c(F)c1F)C(F)(F)C2(F)F. The van der Waals surface area contributed by atoms with Crippen molar-refractivity contribution in [1.29, 1.82) is 0 Å². The van der Waals surface area contributed by atoms with Gasteiger partial charge in [0, 0.05) is 0 Å². The van der Waals surface area contributed by atoms with Crippen LogP contribution in [0.4, 0.5) is 70.2 Å². The van der Waals surface area contributed by atoms with Crippen molar-refractivity contribution in [2.45, 2.75) is 30.1 Å². The lowest BCUT2D eigenvalue weighted by atomic mass is 9.92. The molecule has 0 nitrogen and oxygen atoms in total. The van der Waals surface area contributed by atoms with E-state index in [0.29, 0.717) is 0 Å². The van der Waals surface area contributed by atoms with E-state index in [4.69, 9.17) is 0 Å². The highest BCUT2D eigenvalue weighted by Crippen LogP contribution is 2.56. The number of hydrogen-bond acceptors (Lipinski definition) is 0. The van der Waals surface area contributed by atoms with Crippen molar-refractivity contribution in [3.05, 3.63) is 68.8 Å². The minimum atomic E-state index is -6.82. The smallest absolute Gasteiger partial charge is 0.203 e. The zero-order chi connectivity index (χ0) is 25.6. The molecule has 0 aliphatic heterocycles. The van der Waals surface area contributed by atoms with Crippen molar-refractivity contribution >= 4 is 0 Å². The number of rotatable bonds is 0. The van der Waals surface area contributed by atoms with Crippen molar-refractivity contribution in [3.8, 4) is 0 Å². The largest absolute Gasteiger partial charge is 0.345 e. The molecule has 182 valence electrons. The van der Waals surface area contributed by atoms with Gasteiger partial charge in [0.2, 0.25) is 0 Å². The predicted molar refractivity (Wildman–Crippen MR) is 72.7 cm³/mol. The van der Waals surface area contributed by atoms with Crippen LogP contribution in [0.1, 0.15) is 28.7 Å². The molecule has 0 fully saturated rings. The summed E-state index contributed by atoms with van der Waals surface area (Å²) in [4.78, 5) is 0. The van der Waals surface area contributed by atoms with Crippen LogP contribution in [0.5, 0.6) is 0 Å². The Bertz CT molecular complexity index is 1030. The molecule has 0 spiro atoms. The number of benzene rings is 2. The Balaban J connectivity index is 2.68. The van der Waals surface area contributed by atoms with E-state index in [9.17, 15) is 70.2 Å². The summed E-state index contributed by atoms with van der Waals surface area (Å²) >= 11 is 0. The molecule has 16 heteroatoms. The maximum atomic E-state index is 14.3. The van der Waals surface area contributed by atoms with Crippen molar-refractivity contribution in [1.82, 2.24) is 0 Å². The molecule has 6 rings (SSSR count). The molecule has 4 bridgehead atoms. The van der Waals surface area contributed by atoms with E-state index in [2.05, 4.69) is 0 Å². The van der Waals surface area contributed by atoms with Crippen LogP contribution in [0.15, 0.2) is 0 Å². The first kappa shape index (κ1) is 25.0. The molecule has 0 radical (unpaired) electrons. The highest BCUT2D eigenvalue weighted by Gasteiger charge is 2.66. The Hall–Kier alpha value is -2.68. The highest BCUT2D eigenvalue weighted by atomic mass is 19.3. The van der Waals surface area contributed by atoms with Gasteiger partial charge >= 0.3 is 11.8 Å². The van der Waals surface area contributed by atoms with Gasteiger partial charge in [-0.3, -0.25) is 0 Å². The molecule has 0 N–H and O–H groups in total. The van der Waals surface area contributed by atoms with Gasteiger partial charge in [0.15, 0.2) is 46.5 Å². The summed E-state index contributed by atoms with van der Waals surface area (Å²) in [5.74, 6) is -54.4. The molecule has 0 saturated carbocycles. The standard InChI is InChI=1S/C17H2F16/c18-6-2-7(19)11(23)4(10(6)22)16(30,31)17(32,33)5-12(24)8(20)3(9(21)13(5)25)15(28,29)1-14(2,26)27/h1H2. The monoisotopic (exact) mass is 510 g/mol. The molecule has 2 aromatic carbocycles. The molecule has 0 aromatic heterocycles. The van der Waals surface area contributed by atoms with Gasteiger partial charge in [-0.2, -0.15) is 17.6 Å². The van der Waals surface area contributed by atoms with Crippen molar-refractivity contribution in [3.63, 3.8) is 0 Å². The fourth-order valence-electron chi connectivity index (χ4n) is 3.23. The van der Waals surface area contributed by atoms with Gasteiger partial charge in [0.1, 0.15) is 11.1 Å². The molecule has 0 saturated heterocycles. The van der Waals surface area contributed by atoms with Crippen LogP contribution in [0, 0.1) is 46.5 Å². The van der Waals surface area contributed by atoms with Crippen LogP contribution in [0.25, 0.3) is 0 Å². The van der Waals surface area contributed by atoms with Crippen LogP contribution < -0.4 is 0 Å². The van der Waals surface area contributed by atoms with E-state index in [1.165, 1.54) is 0 Å². The topological polar surface area (TPSA) is 0 Å². The van der Waals surface area contributed by atoms with E-state index in [0.717, 1.165) is 0 Å². The molecule has 4 aliphatic carbocycles. The number of alkyl halides is 8. The van der Waals surface area contributed by atoms with Crippen molar-refractivity contribution in [2.75, 3.05) is 0 Å². The van der Waals surface area contributed by atoms with Gasteiger partial charge in [-0.05, 0) is 0 Å². The summed E-state index contributed by atoms with van der Waals surface area (Å²) in [6, 6.07) is 0. The predicted octanol–water partition coefficient (Wildman–Crippen LogP) is 7.27. The van der Waals surface area contributed by atoms with Gasteiger partial charge in [-0.1, -0.05) is 0 Å². The normalized spacial score (nSPS) is 20.4. The lowest BCUT2D eigenvalue weighted by Gasteiger charge is -2.29. The summed E-state index contributed by atoms with van der Waals surface area (Å²) in [7, 11) is 0. The maximum Gasteiger partial charge on any atom is 0.345 e. The van der Waals surface area contributed by atoms with E-state index < -0.39 is 98.9 Å². The van der Waals surface area contributed by atoms with E-state index in [-0.39, 0.29) is 0 Å². The molecule has 0 amide bonds. The lowest BCUT2D eigenvalue weighted by molar-refractivity contribution is -0.230. The highest BCUT2D eigenvalue weighted by molar-refractivity contribution is 5.42. The maximum absolute atomic E-state index is 14.3. The zero-order valence-electron chi connectivity index (χ0n) is 14.8. The van der Waals surface area contributed by atoms with Crippen molar-refractivity contribution in [2.24, 2.45) is 0 Å². The first-order valence-electron chi connectivity index (χ1n) is 7.98. The molecule has 0 unspecified atom stereocenters. The molecular formula is C17H2F16. The minimum absolute atomic E-state index is 3.34. The molecular weight excluding hydrogens is 508 g/mol. The fourth-order valence-corrected chi connectivity index (χ4v) is 3.23. The quantitative estimate of drug-likeness (QED) is 0.259. The lowest BCUT2D eigenvalue weighted by Crippen LogP contribution is -2.40. The third kappa shape index (κ3) is 3.08. The summed E-state index contributed by atoms with van der Waals surface area (Å²) in [6.07, 6.45) is -3.54. The molecule has 4 aliphatic rings. The summed E-state index contributed by atoms with van der Waals surface area (Å²) in [6.45, 7) is 0. The van der Waals surface area contributed by atoms with E-state index >= 15 is 0 Å². The van der Waals surface area contributed by atoms with E-state index in [1.54, 1.807) is 0 Å². The summed E-state index contributed by atoms with van der Waals surface area (Å²) in [5, 5.41) is 0. The molecule has 0 atom stereocenters. The average molecular weight is 510 g/mol. The minimum Gasteiger partial charge on any atom is -0.203 e. The first-order chi connectivity index (χ1) is 14.7. The second-order valence-electron chi connectivity index (χ2n) is 6.75. The van der Waals surface area contributed by atoms with Gasteiger partial charge in [0.25, 0.3) is 11.8 Å². The molecule has 2 aromatic rings. The zero-order valence-corrected chi connectivity index (χ0v) is 14.8. The van der Waals surface area contributed by atoms with E-state index in [1.807, 2.05) is 0 Å². The number of hydrogen-bond donors (Lipinski definition) is 0. The fraction of sp³-hybridized carbons (Fsp3) is 0.294. The van der Waals surface area contributed by atoms with Gasteiger partial charge in [-0.15, -0.1) is 0 Å². The second-order valence-corrected chi connectivity index (χ2v) is 6.75. The summed E-state index contributed by atoms with van der Waals surface area (Å²) < 4.78 is 226.